The zero-order valence-electron chi connectivity index (χ0n) is 16.2. The van der Waals surface area contributed by atoms with Crippen LogP contribution < -0.4 is 5.43 Å². The van der Waals surface area contributed by atoms with Crippen molar-refractivity contribution in [2.45, 2.75) is 6.92 Å². The van der Waals surface area contributed by atoms with E-state index >= 15 is 0 Å². The summed E-state index contributed by atoms with van der Waals surface area (Å²) in [6, 6.07) is 13.3. The highest BCUT2D eigenvalue weighted by Gasteiger charge is 2.24. The minimum atomic E-state index is -0.259. The lowest BCUT2D eigenvalue weighted by atomic mass is 10.1. The maximum atomic E-state index is 13.0. The summed E-state index contributed by atoms with van der Waals surface area (Å²) in [5.74, 6) is -0.259. The number of hydrogen-bond acceptors (Lipinski definition) is 4. The highest BCUT2D eigenvalue weighted by molar-refractivity contribution is 14.1. The summed E-state index contributed by atoms with van der Waals surface area (Å²) >= 11 is 14.8. The molecule has 156 valence electrons. The molecule has 0 spiro atoms. The Hall–Kier alpha value is -1.65. The van der Waals surface area contributed by atoms with Crippen LogP contribution in [0.3, 0.4) is 0 Å². The lowest BCUT2D eigenvalue weighted by molar-refractivity contribution is 0.0124. The molecule has 1 saturated heterocycles. The number of aromatic nitrogens is 2. The highest BCUT2D eigenvalue weighted by Crippen LogP contribution is 2.33. The molecule has 1 N–H and O–H groups in total. The van der Waals surface area contributed by atoms with Crippen molar-refractivity contribution in [2.24, 2.45) is 0 Å². The minimum Gasteiger partial charge on any atom is -0.379 e. The first kappa shape index (κ1) is 21.6. The standard InChI is InChI=1S/C21H19Cl2IN4O2/c1-13-19(21(29)26-27-8-10-30-11-9-27)25-28(18-7-4-15(22)12-17(18)23)20(13)14-2-5-16(24)6-3-14/h2-7,12H,8-11H2,1H3,(H,26,29)/i24-3. The van der Waals surface area contributed by atoms with Crippen LogP contribution in [-0.2, 0) is 4.74 Å². The van der Waals surface area contributed by atoms with Crippen molar-refractivity contribution in [3.05, 3.63) is 67.3 Å². The molecule has 2 aromatic carbocycles. The van der Waals surface area contributed by atoms with Crippen LogP contribution in [0.25, 0.3) is 16.9 Å². The number of morpholine rings is 1. The minimum absolute atomic E-state index is 0.259. The van der Waals surface area contributed by atoms with E-state index in [-0.39, 0.29) is 5.91 Å². The number of hydrazine groups is 1. The second kappa shape index (κ2) is 9.23. The lowest BCUT2D eigenvalue weighted by Crippen LogP contribution is -2.48. The van der Waals surface area contributed by atoms with E-state index < -0.39 is 0 Å². The maximum absolute atomic E-state index is 13.0. The summed E-state index contributed by atoms with van der Waals surface area (Å²) in [5.41, 5.74) is 6.46. The molecule has 6 nitrogen and oxygen atoms in total. The van der Waals surface area contributed by atoms with Crippen molar-refractivity contribution in [2.75, 3.05) is 26.3 Å². The van der Waals surface area contributed by atoms with Crippen LogP contribution in [0.5, 0.6) is 0 Å². The topological polar surface area (TPSA) is 59.4 Å². The maximum Gasteiger partial charge on any atom is 0.286 e. The van der Waals surface area contributed by atoms with E-state index in [9.17, 15) is 4.79 Å². The quantitative estimate of drug-likeness (QED) is 0.474. The molecule has 3 aromatic rings. The summed E-state index contributed by atoms with van der Waals surface area (Å²) in [5, 5.41) is 7.49. The van der Waals surface area contributed by atoms with Crippen molar-refractivity contribution >= 4 is 51.7 Å². The number of nitrogens with zero attached hydrogens (tertiary/aromatic N) is 3. The second-order valence-electron chi connectivity index (χ2n) is 6.88. The monoisotopic (exact) mass is 553 g/mol. The van der Waals surface area contributed by atoms with Gasteiger partial charge in [-0.05, 0) is 59.8 Å². The number of carbonyl (C=O) groups is 1. The van der Waals surface area contributed by atoms with Crippen molar-refractivity contribution in [1.29, 1.82) is 0 Å². The van der Waals surface area contributed by atoms with Gasteiger partial charge in [-0.25, -0.2) is 9.69 Å². The van der Waals surface area contributed by atoms with E-state index in [0.717, 1.165) is 20.4 Å². The fourth-order valence-corrected chi connectivity index (χ4v) is 4.21. The van der Waals surface area contributed by atoms with E-state index in [1.165, 1.54) is 0 Å². The van der Waals surface area contributed by atoms with Crippen LogP contribution >= 0.6 is 45.8 Å². The summed E-state index contributed by atoms with van der Waals surface area (Å²) in [6.45, 7) is 4.34. The number of carbonyl (C=O) groups excluding carboxylic acids is 1. The van der Waals surface area contributed by atoms with E-state index in [1.54, 1.807) is 22.9 Å². The molecule has 0 bridgehead atoms. The van der Waals surface area contributed by atoms with Crippen molar-refractivity contribution in [3.63, 3.8) is 0 Å². The molecule has 1 aliphatic heterocycles. The third kappa shape index (κ3) is 4.50. The molecule has 4 rings (SSSR count). The first-order valence-electron chi connectivity index (χ1n) is 9.38. The Labute approximate surface area is 198 Å². The molecule has 9 heteroatoms. The molecular formula is C21H19Cl2IN4O2. The molecule has 0 radical (unpaired) electrons. The summed E-state index contributed by atoms with van der Waals surface area (Å²) < 4.78 is 8.18. The van der Waals surface area contributed by atoms with Gasteiger partial charge in [0, 0.05) is 32.8 Å². The predicted octanol–water partition coefficient (Wildman–Crippen LogP) is 4.74. The fraction of sp³-hybridized carbons (Fsp3) is 0.238. The molecule has 1 amide bonds. The van der Waals surface area contributed by atoms with Gasteiger partial charge in [-0.2, -0.15) is 5.10 Å². The van der Waals surface area contributed by atoms with Crippen molar-refractivity contribution in [1.82, 2.24) is 20.2 Å². The van der Waals surface area contributed by atoms with Gasteiger partial charge in [-0.3, -0.25) is 10.2 Å². The molecule has 0 atom stereocenters. The SMILES string of the molecule is Cc1c(C(=O)NN2CCOCC2)nn(-c2ccc(Cl)cc2Cl)c1-c1ccc([124I])cc1. The second-order valence-corrected chi connectivity index (χ2v) is 8.97. The Balaban J connectivity index is 1.80. The molecule has 0 aliphatic carbocycles. The molecule has 1 aliphatic rings. The number of amides is 1. The average molecular weight is 554 g/mol. The van der Waals surface area contributed by atoms with Crippen LogP contribution in [0.1, 0.15) is 16.1 Å². The van der Waals surface area contributed by atoms with Crippen LogP contribution in [0.4, 0.5) is 0 Å². The van der Waals surface area contributed by atoms with Crippen LogP contribution in [0.15, 0.2) is 42.5 Å². The number of hydrogen-bond donors (Lipinski definition) is 1. The first-order valence-corrected chi connectivity index (χ1v) is 11.2. The summed E-state index contributed by atoms with van der Waals surface area (Å²) in [4.78, 5) is 13.0. The van der Waals surface area contributed by atoms with Gasteiger partial charge in [0.25, 0.3) is 5.91 Å². The molecule has 2 heterocycles. The van der Waals surface area contributed by atoms with Gasteiger partial charge >= 0.3 is 0 Å². The van der Waals surface area contributed by atoms with Gasteiger partial charge in [0.05, 0.1) is 29.6 Å². The molecule has 1 aromatic heterocycles. The van der Waals surface area contributed by atoms with Crippen LogP contribution in [0, 0.1) is 10.5 Å². The van der Waals surface area contributed by atoms with Gasteiger partial charge in [-0.1, -0.05) is 35.3 Å². The van der Waals surface area contributed by atoms with Gasteiger partial charge in [0.15, 0.2) is 5.69 Å². The molecule has 0 unspecified atom stereocenters. The van der Waals surface area contributed by atoms with Gasteiger partial charge in [-0.15, -0.1) is 0 Å². The van der Waals surface area contributed by atoms with E-state index in [2.05, 4.69) is 33.1 Å². The number of nitrogens with one attached hydrogen (secondary N) is 1. The summed E-state index contributed by atoms with van der Waals surface area (Å²) in [6.07, 6.45) is 0. The lowest BCUT2D eigenvalue weighted by Gasteiger charge is -2.26. The number of halogens is 3. The third-order valence-electron chi connectivity index (χ3n) is 4.86. The fourth-order valence-electron chi connectivity index (χ4n) is 3.36. The molecular weight excluding hydrogens is 535 g/mol. The number of benzene rings is 2. The molecule has 1 fully saturated rings. The number of ether oxygens (including phenoxy) is 1. The average Bonchev–Trinajstić information content (AvgIpc) is 3.06. The molecule has 0 saturated carbocycles. The summed E-state index contributed by atoms with van der Waals surface area (Å²) in [7, 11) is 0. The zero-order valence-corrected chi connectivity index (χ0v) is 19.8. The van der Waals surface area contributed by atoms with E-state index in [0.29, 0.717) is 47.7 Å². The predicted molar refractivity (Wildman–Crippen MR) is 126 cm³/mol. The zero-order chi connectivity index (χ0) is 21.3. The normalized spacial score (nSPS) is 14.7. The van der Waals surface area contributed by atoms with Gasteiger partial charge < -0.3 is 4.74 Å². The number of rotatable bonds is 4. The Morgan fingerprint density at radius 3 is 2.50 bits per heavy atom. The van der Waals surface area contributed by atoms with Crippen molar-refractivity contribution in [3.8, 4) is 16.9 Å². The Morgan fingerprint density at radius 2 is 1.83 bits per heavy atom. The first-order chi connectivity index (χ1) is 14.4. The van der Waals surface area contributed by atoms with Gasteiger partial charge in [0.2, 0.25) is 0 Å². The van der Waals surface area contributed by atoms with Crippen LogP contribution in [-0.4, -0.2) is 47.0 Å². The largest absolute Gasteiger partial charge is 0.379 e. The highest BCUT2D eigenvalue weighted by atomic mass is 124. The smallest absolute Gasteiger partial charge is 0.286 e. The Bertz CT molecular complexity index is 1080. The Morgan fingerprint density at radius 1 is 1.13 bits per heavy atom. The third-order valence-corrected chi connectivity index (χ3v) is 6.12. The Kier molecular flexibility index (Phi) is 6.64. The van der Waals surface area contributed by atoms with Gasteiger partial charge in [0.1, 0.15) is 0 Å². The molecule has 30 heavy (non-hydrogen) atoms. The van der Waals surface area contributed by atoms with E-state index in [1.807, 2.05) is 36.2 Å². The van der Waals surface area contributed by atoms with Crippen LogP contribution in [0.2, 0.25) is 10.0 Å². The van der Waals surface area contributed by atoms with E-state index in [4.69, 9.17) is 27.9 Å². The van der Waals surface area contributed by atoms with Crippen molar-refractivity contribution < 1.29 is 9.53 Å².